The van der Waals surface area contributed by atoms with E-state index in [1.54, 1.807) is 11.8 Å². The molecule has 1 atom stereocenters. The Morgan fingerprint density at radius 1 is 1.00 bits per heavy atom. The summed E-state index contributed by atoms with van der Waals surface area (Å²) in [5, 5.41) is 2.93. The van der Waals surface area contributed by atoms with Crippen LogP contribution in [0, 0.1) is 26.7 Å². The molecule has 0 aliphatic heterocycles. The molecule has 0 radical (unpaired) electrons. The Morgan fingerprint density at radius 3 is 2.23 bits per heavy atom. The molecule has 2 aromatic rings. The average molecular weight is 411 g/mol. The van der Waals surface area contributed by atoms with Crippen LogP contribution in [0.2, 0.25) is 0 Å². The molecule has 5 nitrogen and oxygen atoms in total. The number of rotatable bonds is 9. The summed E-state index contributed by atoms with van der Waals surface area (Å²) in [5.41, 5.74) is 4.26. The van der Waals surface area contributed by atoms with Gasteiger partial charge in [-0.05, 0) is 68.0 Å². The van der Waals surface area contributed by atoms with Gasteiger partial charge in [-0.1, -0.05) is 44.2 Å². The van der Waals surface area contributed by atoms with Gasteiger partial charge in [-0.3, -0.25) is 9.59 Å². The van der Waals surface area contributed by atoms with Crippen molar-refractivity contribution in [2.75, 3.05) is 13.2 Å². The molecule has 0 bridgehead atoms. The number of aryl methyl sites for hydroxylation is 3. The highest BCUT2D eigenvalue weighted by Crippen LogP contribution is 2.18. The second kappa shape index (κ2) is 10.8. The van der Waals surface area contributed by atoms with Crippen LogP contribution in [0.15, 0.2) is 42.5 Å². The molecule has 162 valence electrons. The summed E-state index contributed by atoms with van der Waals surface area (Å²) in [4.78, 5) is 27.4. The number of nitrogens with one attached hydrogen (secondary N) is 1. The summed E-state index contributed by atoms with van der Waals surface area (Å²) in [6.07, 6.45) is 0. The van der Waals surface area contributed by atoms with E-state index in [9.17, 15) is 9.59 Å². The first-order valence-corrected chi connectivity index (χ1v) is 10.5. The fourth-order valence-electron chi connectivity index (χ4n) is 3.25. The fraction of sp³-hybridized carbons (Fsp3) is 0.440. The standard InChI is InChI=1S/C25H34N2O3/c1-17(2)14-26-25(29)21(6)27(15-22-10-8-7-9-20(22)5)24(28)16-30-23-12-18(3)11-19(4)13-23/h7-13,17,21H,14-16H2,1-6H3,(H,26,29). The number of benzene rings is 2. The zero-order chi connectivity index (χ0) is 22.3. The minimum absolute atomic E-state index is 0.115. The maximum absolute atomic E-state index is 13.1. The Morgan fingerprint density at radius 2 is 1.63 bits per heavy atom. The van der Waals surface area contributed by atoms with Gasteiger partial charge in [-0.15, -0.1) is 0 Å². The number of hydrogen-bond donors (Lipinski definition) is 1. The van der Waals surface area contributed by atoms with Gasteiger partial charge in [-0.25, -0.2) is 0 Å². The zero-order valence-corrected chi connectivity index (χ0v) is 19.0. The van der Waals surface area contributed by atoms with Crippen LogP contribution >= 0.6 is 0 Å². The molecule has 5 heteroatoms. The Balaban J connectivity index is 2.17. The zero-order valence-electron chi connectivity index (χ0n) is 19.0. The lowest BCUT2D eigenvalue weighted by Crippen LogP contribution is -2.49. The van der Waals surface area contributed by atoms with Gasteiger partial charge in [0.2, 0.25) is 5.91 Å². The van der Waals surface area contributed by atoms with Crippen LogP contribution in [-0.4, -0.2) is 35.9 Å². The van der Waals surface area contributed by atoms with Gasteiger partial charge in [0.05, 0.1) is 0 Å². The number of carbonyl (C=O) groups is 2. The second-order valence-electron chi connectivity index (χ2n) is 8.38. The molecule has 1 unspecified atom stereocenters. The molecule has 2 rings (SSSR count). The lowest BCUT2D eigenvalue weighted by molar-refractivity contribution is -0.142. The molecule has 0 saturated carbocycles. The second-order valence-corrected chi connectivity index (χ2v) is 8.38. The molecule has 0 aliphatic carbocycles. The van der Waals surface area contributed by atoms with E-state index in [0.717, 1.165) is 22.3 Å². The number of carbonyl (C=O) groups excluding carboxylic acids is 2. The molecule has 1 N–H and O–H groups in total. The molecule has 0 aromatic heterocycles. The number of amides is 2. The highest BCUT2D eigenvalue weighted by molar-refractivity contribution is 5.88. The van der Waals surface area contributed by atoms with Gasteiger partial charge in [-0.2, -0.15) is 0 Å². The number of hydrogen-bond acceptors (Lipinski definition) is 3. The maximum Gasteiger partial charge on any atom is 0.261 e. The van der Waals surface area contributed by atoms with Crippen molar-refractivity contribution < 1.29 is 14.3 Å². The highest BCUT2D eigenvalue weighted by atomic mass is 16.5. The summed E-state index contributed by atoms with van der Waals surface area (Å²) >= 11 is 0. The molecular formula is C25H34N2O3. The van der Waals surface area contributed by atoms with Gasteiger partial charge >= 0.3 is 0 Å². The van der Waals surface area contributed by atoms with Crippen molar-refractivity contribution in [2.45, 2.75) is 54.1 Å². The van der Waals surface area contributed by atoms with E-state index in [2.05, 4.69) is 11.4 Å². The summed E-state index contributed by atoms with van der Waals surface area (Å²) in [7, 11) is 0. The molecular weight excluding hydrogens is 376 g/mol. The van der Waals surface area contributed by atoms with Crippen LogP contribution < -0.4 is 10.1 Å². The van der Waals surface area contributed by atoms with E-state index in [-0.39, 0.29) is 18.4 Å². The van der Waals surface area contributed by atoms with E-state index in [0.29, 0.717) is 24.8 Å². The van der Waals surface area contributed by atoms with Crippen molar-refractivity contribution in [2.24, 2.45) is 5.92 Å². The van der Waals surface area contributed by atoms with Crippen molar-refractivity contribution in [1.29, 1.82) is 0 Å². The van der Waals surface area contributed by atoms with Crippen LogP contribution in [0.5, 0.6) is 5.75 Å². The van der Waals surface area contributed by atoms with E-state index >= 15 is 0 Å². The minimum Gasteiger partial charge on any atom is -0.484 e. The normalized spacial score (nSPS) is 11.8. The first-order chi connectivity index (χ1) is 14.2. The summed E-state index contributed by atoms with van der Waals surface area (Å²) in [6, 6.07) is 13.2. The van der Waals surface area contributed by atoms with Crippen molar-refractivity contribution in [1.82, 2.24) is 10.2 Å². The quantitative estimate of drug-likeness (QED) is 0.675. The molecule has 0 saturated heterocycles. The Labute approximate surface area is 180 Å². The summed E-state index contributed by atoms with van der Waals surface area (Å²) in [5.74, 6) is 0.629. The Kier molecular flexibility index (Phi) is 8.46. The SMILES string of the molecule is Cc1cc(C)cc(OCC(=O)N(Cc2ccccc2C)C(C)C(=O)NCC(C)C)c1. The number of ether oxygens (including phenoxy) is 1. The van der Waals surface area contributed by atoms with Crippen LogP contribution in [-0.2, 0) is 16.1 Å². The van der Waals surface area contributed by atoms with E-state index in [1.807, 2.05) is 71.0 Å². The van der Waals surface area contributed by atoms with Gasteiger partial charge < -0.3 is 15.0 Å². The fourth-order valence-corrected chi connectivity index (χ4v) is 3.25. The van der Waals surface area contributed by atoms with Gasteiger partial charge in [0.25, 0.3) is 5.91 Å². The molecule has 0 spiro atoms. The van der Waals surface area contributed by atoms with E-state index in [1.165, 1.54) is 0 Å². The average Bonchev–Trinajstić information content (AvgIpc) is 2.68. The van der Waals surface area contributed by atoms with Crippen LogP contribution in [0.25, 0.3) is 0 Å². The van der Waals surface area contributed by atoms with Crippen molar-refractivity contribution >= 4 is 11.8 Å². The monoisotopic (exact) mass is 410 g/mol. The first-order valence-electron chi connectivity index (χ1n) is 10.5. The van der Waals surface area contributed by atoms with Crippen molar-refractivity contribution in [3.05, 3.63) is 64.7 Å². The third kappa shape index (κ3) is 6.90. The molecule has 0 fully saturated rings. The first kappa shape index (κ1) is 23.5. The minimum atomic E-state index is -0.598. The van der Waals surface area contributed by atoms with Crippen LogP contribution in [0.4, 0.5) is 0 Å². The van der Waals surface area contributed by atoms with Crippen molar-refractivity contribution in [3.63, 3.8) is 0 Å². The molecule has 0 heterocycles. The Bertz CT molecular complexity index is 856. The lowest BCUT2D eigenvalue weighted by atomic mass is 10.1. The van der Waals surface area contributed by atoms with Gasteiger partial charge in [0.1, 0.15) is 11.8 Å². The van der Waals surface area contributed by atoms with E-state index in [4.69, 9.17) is 4.74 Å². The molecule has 2 aromatic carbocycles. The lowest BCUT2D eigenvalue weighted by Gasteiger charge is -2.29. The number of nitrogens with zero attached hydrogens (tertiary/aromatic N) is 1. The maximum atomic E-state index is 13.1. The van der Waals surface area contributed by atoms with E-state index < -0.39 is 6.04 Å². The molecule has 0 aliphatic rings. The smallest absolute Gasteiger partial charge is 0.261 e. The van der Waals surface area contributed by atoms with Crippen LogP contribution in [0.3, 0.4) is 0 Å². The third-order valence-electron chi connectivity index (χ3n) is 5.01. The van der Waals surface area contributed by atoms with Gasteiger partial charge in [0.15, 0.2) is 6.61 Å². The van der Waals surface area contributed by atoms with Gasteiger partial charge in [0, 0.05) is 13.1 Å². The predicted molar refractivity (Wildman–Crippen MR) is 120 cm³/mol. The van der Waals surface area contributed by atoms with Crippen molar-refractivity contribution in [3.8, 4) is 5.75 Å². The largest absolute Gasteiger partial charge is 0.484 e. The third-order valence-corrected chi connectivity index (χ3v) is 5.01. The predicted octanol–water partition coefficient (Wildman–Crippen LogP) is 4.18. The summed E-state index contributed by atoms with van der Waals surface area (Å²) < 4.78 is 5.78. The summed E-state index contributed by atoms with van der Waals surface area (Å²) in [6.45, 7) is 12.7. The Hall–Kier alpha value is -2.82. The highest BCUT2D eigenvalue weighted by Gasteiger charge is 2.27. The van der Waals surface area contributed by atoms with Crippen LogP contribution in [0.1, 0.15) is 43.0 Å². The molecule has 2 amide bonds. The molecule has 30 heavy (non-hydrogen) atoms. The topological polar surface area (TPSA) is 58.6 Å².